The summed E-state index contributed by atoms with van der Waals surface area (Å²) in [7, 11) is 0. The molecular formula is C14H10BrCl2NO. The first-order valence-corrected chi connectivity index (χ1v) is 7.34. The van der Waals surface area contributed by atoms with Crippen LogP contribution in [0.4, 0.5) is 5.69 Å². The van der Waals surface area contributed by atoms with Crippen LogP contribution in [0.5, 0.6) is 5.75 Å². The first-order valence-electron chi connectivity index (χ1n) is 5.80. The van der Waals surface area contributed by atoms with E-state index in [1.165, 1.54) is 0 Å². The lowest BCUT2D eigenvalue weighted by Crippen LogP contribution is -2.24. The van der Waals surface area contributed by atoms with Crippen molar-refractivity contribution < 1.29 is 4.74 Å². The number of nitrogens with one attached hydrogen (secondary N) is 1. The van der Waals surface area contributed by atoms with Gasteiger partial charge in [0.05, 0.1) is 26.8 Å². The van der Waals surface area contributed by atoms with Crippen molar-refractivity contribution in [2.45, 2.75) is 6.10 Å². The summed E-state index contributed by atoms with van der Waals surface area (Å²) in [4.78, 5) is 0. The van der Waals surface area contributed by atoms with Gasteiger partial charge in [0, 0.05) is 5.56 Å². The second-order valence-electron chi connectivity index (χ2n) is 4.25. The second-order valence-corrected chi connectivity index (χ2v) is 5.89. The molecule has 5 heteroatoms. The highest BCUT2D eigenvalue weighted by atomic mass is 79.9. The molecule has 0 spiro atoms. The van der Waals surface area contributed by atoms with Gasteiger partial charge in [0.15, 0.2) is 5.75 Å². The number of anilines is 1. The van der Waals surface area contributed by atoms with Crippen LogP contribution in [0.3, 0.4) is 0 Å². The van der Waals surface area contributed by atoms with Crippen molar-refractivity contribution in [3.8, 4) is 5.75 Å². The van der Waals surface area contributed by atoms with E-state index in [-0.39, 0.29) is 6.10 Å². The van der Waals surface area contributed by atoms with E-state index in [1.807, 2.05) is 30.3 Å². The maximum absolute atomic E-state index is 6.24. The Labute approximate surface area is 129 Å². The fourth-order valence-electron chi connectivity index (χ4n) is 2.10. The normalized spacial score (nSPS) is 17.3. The lowest BCUT2D eigenvalue weighted by Gasteiger charge is -2.29. The molecule has 1 aliphatic rings. The van der Waals surface area contributed by atoms with Gasteiger partial charge in [-0.15, -0.1) is 0 Å². The van der Waals surface area contributed by atoms with Gasteiger partial charge in [0.2, 0.25) is 0 Å². The molecule has 0 aliphatic carbocycles. The van der Waals surface area contributed by atoms with Crippen LogP contribution in [0, 0.1) is 0 Å². The van der Waals surface area contributed by atoms with Crippen molar-refractivity contribution >= 4 is 44.8 Å². The minimum atomic E-state index is -0.155. The third-order valence-corrected chi connectivity index (χ3v) is 4.49. The Balaban J connectivity index is 1.98. The molecule has 0 bridgehead atoms. The van der Waals surface area contributed by atoms with Gasteiger partial charge in [-0.2, -0.15) is 0 Å². The summed E-state index contributed by atoms with van der Waals surface area (Å²) >= 11 is 15.8. The zero-order valence-electron chi connectivity index (χ0n) is 9.79. The molecule has 2 aromatic carbocycles. The minimum Gasteiger partial charge on any atom is -0.480 e. The molecule has 98 valence electrons. The highest BCUT2D eigenvalue weighted by molar-refractivity contribution is 9.10. The molecule has 19 heavy (non-hydrogen) atoms. The molecule has 1 heterocycles. The van der Waals surface area contributed by atoms with Crippen LogP contribution >= 0.6 is 39.1 Å². The molecule has 1 aliphatic heterocycles. The molecular weight excluding hydrogens is 349 g/mol. The largest absolute Gasteiger partial charge is 0.480 e. The molecule has 2 aromatic rings. The van der Waals surface area contributed by atoms with Crippen LogP contribution in [0.2, 0.25) is 10.0 Å². The van der Waals surface area contributed by atoms with Crippen LogP contribution in [-0.2, 0) is 0 Å². The minimum absolute atomic E-state index is 0.155. The maximum Gasteiger partial charge on any atom is 0.157 e. The van der Waals surface area contributed by atoms with Gasteiger partial charge in [0.1, 0.15) is 6.10 Å². The van der Waals surface area contributed by atoms with Crippen LogP contribution in [-0.4, -0.2) is 6.54 Å². The van der Waals surface area contributed by atoms with E-state index < -0.39 is 0 Å². The number of rotatable bonds is 1. The first-order chi connectivity index (χ1) is 9.16. The smallest absolute Gasteiger partial charge is 0.157 e. The molecule has 1 unspecified atom stereocenters. The number of halogens is 3. The molecule has 1 N–H and O–H groups in total. The molecule has 0 saturated carbocycles. The van der Waals surface area contributed by atoms with Crippen molar-refractivity contribution in [2.75, 3.05) is 11.9 Å². The summed E-state index contributed by atoms with van der Waals surface area (Å²) in [6.45, 7) is 0.656. The van der Waals surface area contributed by atoms with E-state index >= 15 is 0 Å². The quantitative estimate of drug-likeness (QED) is 0.746. The van der Waals surface area contributed by atoms with Gasteiger partial charge in [-0.05, 0) is 34.1 Å². The predicted octanol–water partition coefficient (Wildman–Crippen LogP) is 5.30. The Hall–Kier alpha value is -0.900. The molecule has 2 nitrogen and oxygen atoms in total. The number of hydrogen-bond acceptors (Lipinski definition) is 2. The van der Waals surface area contributed by atoms with E-state index in [4.69, 9.17) is 27.9 Å². The highest BCUT2D eigenvalue weighted by Gasteiger charge is 2.24. The van der Waals surface area contributed by atoms with Gasteiger partial charge < -0.3 is 10.1 Å². The average molecular weight is 359 g/mol. The topological polar surface area (TPSA) is 21.3 Å². The highest BCUT2D eigenvalue weighted by Crippen LogP contribution is 2.41. The van der Waals surface area contributed by atoms with Gasteiger partial charge in [0.25, 0.3) is 0 Å². The number of fused-ring (bicyclic) bond motifs is 1. The summed E-state index contributed by atoms with van der Waals surface area (Å²) in [5.41, 5.74) is 1.87. The number of benzene rings is 2. The molecule has 3 rings (SSSR count). The lowest BCUT2D eigenvalue weighted by molar-refractivity contribution is 0.209. The summed E-state index contributed by atoms with van der Waals surface area (Å²) < 4.78 is 6.95. The summed E-state index contributed by atoms with van der Waals surface area (Å²) in [5, 5.41) is 4.43. The van der Waals surface area contributed by atoms with Gasteiger partial charge in [-0.1, -0.05) is 41.4 Å². The lowest BCUT2D eigenvalue weighted by atomic mass is 10.1. The van der Waals surface area contributed by atoms with Crippen molar-refractivity contribution in [1.82, 2.24) is 0 Å². The third kappa shape index (κ3) is 2.42. The molecule has 0 amide bonds. The Morgan fingerprint density at radius 2 is 1.95 bits per heavy atom. The van der Waals surface area contributed by atoms with Gasteiger partial charge >= 0.3 is 0 Å². The Morgan fingerprint density at radius 1 is 1.16 bits per heavy atom. The van der Waals surface area contributed by atoms with E-state index in [9.17, 15) is 0 Å². The van der Waals surface area contributed by atoms with Gasteiger partial charge in [-0.25, -0.2) is 0 Å². The van der Waals surface area contributed by atoms with Crippen LogP contribution in [0.25, 0.3) is 0 Å². The Bertz CT molecular complexity index is 633. The maximum atomic E-state index is 6.24. The first kappa shape index (κ1) is 13.1. The number of para-hydroxylation sites is 1. The molecule has 0 saturated heterocycles. The van der Waals surface area contributed by atoms with E-state index in [0.29, 0.717) is 16.6 Å². The van der Waals surface area contributed by atoms with E-state index in [2.05, 4.69) is 21.2 Å². The van der Waals surface area contributed by atoms with E-state index in [1.54, 1.807) is 6.07 Å². The molecule has 0 fully saturated rings. The predicted molar refractivity (Wildman–Crippen MR) is 82.5 cm³/mol. The average Bonchev–Trinajstić information content (AvgIpc) is 2.42. The van der Waals surface area contributed by atoms with Crippen molar-refractivity contribution in [2.24, 2.45) is 0 Å². The monoisotopic (exact) mass is 357 g/mol. The van der Waals surface area contributed by atoms with E-state index in [0.717, 1.165) is 21.5 Å². The molecule has 0 radical (unpaired) electrons. The second kappa shape index (κ2) is 5.23. The number of ether oxygens (including phenoxy) is 1. The number of hydrogen-bond donors (Lipinski definition) is 1. The summed E-state index contributed by atoms with van der Waals surface area (Å²) in [5.74, 6) is 0.801. The summed E-state index contributed by atoms with van der Waals surface area (Å²) in [6.07, 6.45) is -0.155. The summed E-state index contributed by atoms with van der Waals surface area (Å²) in [6, 6.07) is 11.5. The van der Waals surface area contributed by atoms with Gasteiger partial charge in [-0.3, -0.25) is 0 Å². The fourth-order valence-corrected chi connectivity index (χ4v) is 2.99. The molecule has 1 atom stereocenters. The van der Waals surface area contributed by atoms with Crippen LogP contribution in [0.1, 0.15) is 11.7 Å². The Morgan fingerprint density at radius 3 is 2.79 bits per heavy atom. The van der Waals surface area contributed by atoms with Crippen molar-refractivity contribution in [3.63, 3.8) is 0 Å². The third-order valence-electron chi connectivity index (χ3n) is 3.03. The SMILES string of the molecule is Clc1cccc(C2CNc3cccc(Br)c3O2)c1Cl. The van der Waals surface area contributed by atoms with Crippen molar-refractivity contribution in [1.29, 1.82) is 0 Å². The van der Waals surface area contributed by atoms with Crippen LogP contribution < -0.4 is 10.1 Å². The fraction of sp³-hybridized carbons (Fsp3) is 0.143. The van der Waals surface area contributed by atoms with Crippen LogP contribution in [0.15, 0.2) is 40.9 Å². The Kier molecular flexibility index (Phi) is 3.61. The van der Waals surface area contributed by atoms with Crippen molar-refractivity contribution in [3.05, 3.63) is 56.5 Å². The molecule has 0 aromatic heterocycles. The zero-order valence-corrected chi connectivity index (χ0v) is 12.9. The standard InChI is InChI=1S/C14H10BrCl2NO/c15-9-4-2-6-11-14(9)19-12(7-18-11)8-3-1-5-10(16)13(8)17/h1-6,12,18H,7H2. The zero-order chi connectivity index (χ0) is 13.4.